The topological polar surface area (TPSA) is 76.5 Å². The smallest absolute Gasteiger partial charge is 0.392 e. The second-order valence-corrected chi connectivity index (χ2v) is 7.58. The molecule has 2 heterocycles. The highest BCUT2D eigenvalue weighted by atomic mass is 19.4. The summed E-state index contributed by atoms with van der Waals surface area (Å²) in [6.07, 6.45) is -4.52. The highest BCUT2D eigenvalue weighted by molar-refractivity contribution is 6.03. The minimum Gasteiger partial charge on any atom is -0.489 e. The van der Waals surface area contributed by atoms with Crippen LogP contribution in [0.4, 0.5) is 18.9 Å². The van der Waals surface area contributed by atoms with Crippen LogP contribution in [-0.4, -0.2) is 47.5 Å². The molecular formula is C20H21F3N4O3. The number of aryl methyl sites for hydroxylation is 2. The molecule has 2 atom stereocenters. The molecule has 1 unspecified atom stereocenters. The van der Waals surface area contributed by atoms with Crippen molar-refractivity contribution in [1.29, 1.82) is 0 Å². The van der Waals surface area contributed by atoms with Crippen molar-refractivity contribution >= 4 is 17.5 Å². The van der Waals surface area contributed by atoms with Crippen LogP contribution in [0.5, 0.6) is 5.75 Å². The number of hydrogen-bond acceptors (Lipinski definition) is 4. The Morgan fingerprint density at radius 3 is 2.73 bits per heavy atom. The van der Waals surface area contributed by atoms with Crippen LogP contribution in [0.3, 0.4) is 0 Å². The van der Waals surface area contributed by atoms with Crippen molar-refractivity contribution in [1.82, 2.24) is 15.1 Å². The first-order chi connectivity index (χ1) is 14.2. The second-order valence-electron chi connectivity index (χ2n) is 7.58. The minimum absolute atomic E-state index is 0.0490. The van der Waals surface area contributed by atoms with Gasteiger partial charge in [-0.25, -0.2) is 0 Å². The number of benzene rings is 1. The molecule has 1 aromatic carbocycles. The van der Waals surface area contributed by atoms with Crippen molar-refractivity contribution in [3.63, 3.8) is 0 Å². The molecule has 0 saturated heterocycles. The maximum Gasteiger partial charge on any atom is 0.392 e. The van der Waals surface area contributed by atoms with Gasteiger partial charge in [-0.05, 0) is 31.4 Å². The van der Waals surface area contributed by atoms with Crippen molar-refractivity contribution < 1.29 is 27.5 Å². The zero-order valence-corrected chi connectivity index (χ0v) is 16.5. The number of alkyl halides is 3. The first-order valence-corrected chi connectivity index (χ1v) is 9.58. The van der Waals surface area contributed by atoms with Crippen LogP contribution >= 0.6 is 0 Å². The van der Waals surface area contributed by atoms with Gasteiger partial charge in [-0.15, -0.1) is 0 Å². The number of carbonyl (C=O) groups excluding carboxylic acids is 2. The Morgan fingerprint density at radius 1 is 1.27 bits per heavy atom. The molecule has 0 spiro atoms. The van der Waals surface area contributed by atoms with E-state index in [4.69, 9.17) is 4.74 Å². The van der Waals surface area contributed by atoms with Crippen molar-refractivity contribution in [2.75, 3.05) is 18.6 Å². The van der Waals surface area contributed by atoms with Gasteiger partial charge in [0.05, 0.1) is 17.3 Å². The van der Waals surface area contributed by atoms with Gasteiger partial charge in [-0.2, -0.15) is 18.3 Å². The van der Waals surface area contributed by atoms with E-state index < -0.39 is 24.0 Å². The van der Waals surface area contributed by atoms with Crippen LogP contribution < -0.4 is 15.0 Å². The predicted molar refractivity (Wildman–Crippen MR) is 101 cm³/mol. The summed E-state index contributed by atoms with van der Waals surface area (Å²) in [7, 11) is 3.10. The van der Waals surface area contributed by atoms with Crippen molar-refractivity contribution in [3.05, 3.63) is 41.2 Å². The Bertz CT molecular complexity index is 1000. The fourth-order valence-electron chi connectivity index (χ4n) is 4.04. The molecule has 1 aliphatic carbocycles. The predicted octanol–water partition coefficient (Wildman–Crippen LogP) is 2.24. The van der Waals surface area contributed by atoms with E-state index in [1.165, 1.54) is 16.6 Å². The highest BCUT2D eigenvalue weighted by Crippen LogP contribution is 2.38. The van der Waals surface area contributed by atoms with Gasteiger partial charge in [-0.1, -0.05) is 12.1 Å². The van der Waals surface area contributed by atoms with E-state index in [1.807, 2.05) is 0 Å². The zero-order chi connectivity index (χ0) is 21.6. The average Bonchev–Trinajstić information content (AvgIpc) is 2.98. The van der Waals surface area contributed by atoms with Crippen molar-refractivity contribution in [2.45, 2.75) is 31.5 Å². The molecule has 160 valence electrons. The first kappa shape index (κ1) is 20.2. The van der Waals surface area contributed by atoms with E-state index in [1.54, 1.807) is 31.3 Å². The second kappa shape index (κ2) is 7.33. The summed E-state index contributed by atoms with van der Waals surface area (Å²) >= 11 is 0. The van der Waals surface area contributed by atoms with E-state index in [2.05, 4.69) is 10.4 Å². The Balaban J connectivity index is 1.57. The van der Waals surface area contributed by atoms with E-state index in [0.717, 1.165) is 0 Å². The largest absolute Gasteiger partial charge is 0.489 e. The molecule has 2 aromatic rings. The molecule has 2 amide bonds. The number of likely N-dealkylation sites (N-methyl/N-ethyl adjacent to an activating group) is 1. The number of hydrogen-bond donors (Lipinski definition) is 1. The summed E-state index contributed by atoms with van der Waals surface area (Å²) in [5, 5.41) is 6.85. The summed E-state index contributed by atoms with van der Waals surface area (Å²) in [5.74, 6) is -2.02. The quantitative estimate of drug-likeness (QED) is 0.806. The lowest BCUT2D eigenvalue weighted by molar-refractivity contribution is -0.177. The van der Waals surface area contributed by atoms with Gasteiger partial charge in [-0.3, -0.25) is 14.3 Å². The molecule has 0 fully saturated rings. The molecule has 0 bridgehead atoms. The number of ether oxygens (including phenoxy) is 1. The molecule has 0 saturated carbocycles. The van der Waals surface area contributed by atoms with Gasteiger partial charge in [0.1, 0.15) is 24.1 Å². The van der Waals surface area contributed by atoms with Crippen molar-refractivity contribution in [3.8, 4) is 5.75 Å². The Morgan fingerprint density at radius 2 is 2.00 bits per heavy atom. The fourth-order valence-corrected chi connectivity index (χ4v) is 4.04. The molecule has 0 radical (unpaired) electrons. The van der Waals surface area contributed by atoms with E-state index in [-0.39, 0.29) is 37.5 Å². The van der Waals surface area contributed by atoms with E-state index in [0.29, 0.717) is 22.7 Å². The number of carbonyl (C=O) groups is 2. The number of amides is 2. The lowest BCUT2D eigenvalue weighted by Gasteiger charge is -2.24. The summed E-state index contributed by atoms with van der Waals surface area (Å²) in [4.78, 5) is 27.2. The fraction of sp³-hybridized carbons (Fsp3) is 0.450. The number of rotatable bonds is 2. The number of anilines is 1. The van der Waals surface area contributed by atoms with Crippen LogP contribution in [0, 0.1) is 5.92 Å². The molecule has 1 N–H and O–H groups in total. The number of fused-ring (bicyclic) bond motifs is 2. The molecule has 30 heavy (non-hydrogen) atoms. The Labute approximate surface area is 170 Å². The summed E-state index contributed by atoms with van der Waals surface area (Å²) in [5.41, 5.74) is 1.42. The van der Waals surface area contributed by atoms with Crippen LogP contribution in [0.2, 0.25) is 0 Å². The average molecular weight is 422 g/mol. The third kappa shape index (κ3) is 3.50. The van der Waals surface area contributed by atoms with Crippen molar-refractivity contribution in [2.24, 2.45) is 13.0 Å². The maximum atomic E-state index is 13.2. The summed E-state index contributed by atoms with van der Waals surface area (Å²) in [6.45, 7) is -0.0862. The van der Waals surface area contributed by atoms with E-state index >= 15 is 0 Å². The molecule has 2 aliphatic rings. The normalized spacial score (nSPS) is 21.4. The number of nitrogens with zero attached hydrogens (tertiary/aromatic N) is 3. The SMILES string of the molecule is CN1C(=O)[C@@H](NC(=O)c2c3c(nn2C)CCC(C(F)(F)F)C3)COc2ccccc21. The molecule has 1 aliphatic heterocycles. The number of nitrogens with one attached hydrogen (secondary N) is 1. The molecule has 4 rings (SSSR count). The lowest BCUT2D eigenvalue weighted by atomic mass is 9.86. The number of aromatic nitrogens is 2. The lowest BCUT2D eigenvalue weighted by Crippen LogP contribution is -2.49. The molecule has 1 aromatic heterocycles. The number of para-hydroxylation sites is 2. The first-order valence-electron chi connectivity index (χ1n) is 9.58. The standard InChI is InChI=1S/C20H21F3N4O3/c1-26-15-5-3-4-6-16(15)30-10-14(19(26)29)24-18(28)17-12-9-11(20(21,22)23)7-8-13(12)25-27(17)2/h3-6,11,14H,7-10H2,1-2H3,(H,24,28)/t11?,14-/m0/s1. The van der Waals surface area contributed by atoms with Crippen LogP contribution in [0.15, 0.2) is 24.3 Å². The minimum atomic E-state index is -4.33. The van der Waals surface area contributed by atoms with Gasteiger partial charge >= 0.3 is 6.18 Å². The summed E-state index contributed by atoms with van der Waals surface area (Å²) in [6, 6.07) is 6.01. The van der Waals surface area contributed by atoms with Gasteiger partial charge < -0.3 is 15.0 Å². The van der Waals surface area contributed by atoms with Gasteiger partial charge in [0.15, 0.2) is 0 Å². The van der Waals surface area contributed by atoms with E-state index in [9.17, 15) is 22.8 Å². The summed E-state index contributed by atoms with van der Waals surface area (Å²) < 4.78 is 46.6. The van der Waals surface area contributed by atoms with Crippen LogP contribution in [0.25, 0.3) is 0 Å². The third-order valence-corrected chi connectivity index (χ3v) is 5.65. The van der Waals surface area contributed by atoms with Gasteiger partial charge in [0, 0.05) is 19.7 Å². The highest BCUT2D eigenvalue weighted by Gasteiger charge is 2.43. The number of halogens is 3. The Hall–Kier alpha value is -3.04. The Kier molecular flexibility index (Phi) is 4.95. The maximum absolute atomic E-state index is 13.2. The monoisotopic (exact) mass is 422 g/mol. The van der Waals surface area contributed by atoms with Crippen LogP contribution in [-0.2, 0) is 24.7 Å². The third-order valence-electron chi connectivity index (χ3n) is 5.65. The van der Waals surface area contributed by atoms with Gasteiger partial charge in [0.25, 0.3) is 11.8 Å². The molecule has 10 heteroatoms. The molecular weight excluding hydrogens is 401 g/mol. The van der Waals surface area contributed by atoms with Gasteiger partial charge in [0.2, 0.25) is 0 Å². The van der Waals surface area contributed by atoms with Crippen LogP contribution in [0.1, 0.15) is 28.2 Å². The zero-order valence-electron chi connectivity index (χ0n) is 16.5. The molecule has 7 nitrogen and oxygen atoms in total.